The number of hydrogen-bond acceptors (Lipinski definition) is 4. The first-order valence-electron chi connectivity index (χ1n) is 9.49. The summed E-state index contributed by atoms with van der Waals surface area (Å²) in [7, 11) is 2.83. The molecule has 0 saturated heterocycles. The van der Waals surface area contributed by atoms with Gasteiger partial charge in [-0.25, -0.2) is 9.18 Å². The molecule has 158 valence electrons. The SMILES string of the molecule is COC(=O)c1cc2c(ccn2-c2ccc(F)cc2)n1CC(=O)Nc1cccc(OC)c1. The van der Waals surface area contributed by atoms with Gasteiger partial charge in [0, 0.05) is 23.6 Å². The van der Waals surface area contributed by atoms with E-state index in [-0.39, 0.29) is 24.0 Å². The Bertz CT molecular complexity index is 1260. The van der Waals surface area contributed by atoms with Crippen molar-refractivity contribution in [1.29, 1.82) is 0 Å². The minimum absolute atomic E-state index is 0.0986. The summed E-state index contributed by atoms with van der Waals surface area (Å²) < 4.78 is 26.8. The van der Waals surface area contributed by atoms with Crippen LogP contribution in [0.4, 0.5) is 10.1 Å². The highest BCUT2D eigenvalue weighted by Crippen LogP contribution is 2.26. The van der Waals surface area contributed by atoms with Gasteiger partial charge in [-0.15, -0.1) is 0 Å². The quantitative estimate of drug-likeness (QED) is 0.478. The fraction of sp³-hybridized carbons (Fsp3) is 0.130. The van der Waals surface area contributed by atoms with Crippen molar-refractivity contribution < 1.29 is 23.5 Å². The van der Waals surface area contributed by atoms with E-state index in [1.807, 2.05) is 4.57 Å². The van der Waals surface area contributed by atoms with E-state index in [2.05, 4.69) is 5.32 Å². The van der Waals surface area contributed by atoms with Crippen molar-refractivity contribution >= 4 is 28.6 Å². The van der Waals surface area contributed by atoms with Crippen molar-refractivity contribution in [3.63, 3.8) is 0 Å². The zero-order valence-corrected chi connectivity index (χ0v) is 17.0. The summed E-state index contributed by atoms with van der Waals surface area (Å²) in [5.74, 6) is -0.594. The lowest BCUT2D eigenvalue weighted by Gasteiger charge is -2.10. The van der Waals surface area contributed by atoms with Crippen molar-refractivity contribution in [2.24, 2.45) is 0 Å². The fourth-order valence-corrected chi connectivity index (χ4v) is 3.46. The highest BCUT2D eigenvalue weighted by atomic mass is 19.1. The van der Waals surface area contributed by atoms with E-state index in [9.17, 15) is 14.0 Å². The number of hydrogen-bond donors (Lipinski definition) is 1. The predicted octanol–water partition coefficient (Wildman–Crippen LogP) is 4.01. The van der Waals surface area contributed by atoms with Crippen molar-refractivity contribution in [1.82, 2.24) is 9.13 Å². The minimum atomic E-state index is -0.559. The number of aromatic nitrogens is 2. The van der Waals surface area contributed by atoms with Gasteiger partial charge in [0.2, 0.25) is 5.91 Å². The predicted molar refractivity (Wildman–Crippen MR) is 114 cm³/mol. The molecular formula is C23H20FN3O4. The largest absolute Gasteiger partial charge is 0.497 e. The van der Waals surface area contributed by atoms with Gasteiger partial charge < -0.3 is 23.9 Å². The third kappa shape index (κ3) is 4.00. The van der Waals surface area contributed by atoms with Crippen LogP contribution >= 0.6 is 0 Å². The van der Waals surface area contributed by atoms with Gasteiger partial charge in [-0.05, 0) is 48.5 Å². The third-order valence-electron chi connectivity index (χ3n) is 4.91. The van der Waals surface area contributed by atoms with E-state index in [0.717, 1.165) is 5.69 Å². The zero-order valence-electron chi connectivity index (χ0n) is 17.0. The highest BCUT2D eigenvalue weighted by molar-refractivity contribution is 5.98. The van der Waals surface area contributed by atoms with Crippen LogP contribution in [0.5, 0.6) is 5.75 Å². The summed E-state index contributed by atoms with van der Waals surface area (Å²) in [4.78, 5) is 25.1. The number of ether oxygens (including phenoxy) is 2. The number of methoxy groups -OCH3 is 2. The molecule has 2 heterocycles. The maximum absolute atomic E-state index is 13.3. The Morgan fingerprint density at radius 1 is 1.00 bits per heavy atom. The highest BCUT2D eigenvalue weighted by Gasteiger charge is 2.21. The average molecular weight is 421 g/mol. The van der Waals surface area contributed by atoms with Gasteiger partial charge in [0.1, 0.15) is 23.8 Å². The molecule has 7 nitrogen and oxygen atoms in total. The van der Waals surface area contributed by atoms with Crippen LogP contribution in [0.1, 0.15) is 10.5 Å². The monoisotopic (exact) mass is 421 g/mol. The van der Waals surface area contributed by atoms with Gasteiger partial charge in [0.25, 0.3) is 0 Å². The number of nitrogens with zero attached hydrogens (tertiary/aromatic N) is 2. The Labute approximate surface area is 177 Å². The van der Waals surface area contributed by atoms with Crippen LogP contribution in [-0.2, 0) is 16.1 Å². The molecule has 4 aromatic rings. The second kappa shape index (κ2) is 8.35. The molecule has 0 bridgehead atoms. The standard InChI is InChI=1S/C23H20FN3O4/c1-30-18-5-3-4-16(12-18)25-22(28)14-27-19-10-11-26(17-8-6-15(24)7-9-17)20(19)13-21(27)23(29)31-2/h3-13H,14H2,1-2H3,(H,25,28). The number of halogens is 1. The molecule has 0 atom stereocenters. The van der Waals surface area contributed by atoms with Crippen LogP contribution in [-0.4, -0.2) is 35.2 Å². The van der Waals surface area contributed by atoms with Crippen LogP contribution in [0.15, 0.2) is 66.9 Å². The number of carbonyl (C=O) groups is 2. The molecule has 0 fully saturated rings. The molecule has 0 aliphatic heterocycles. The van der Waals surface area contributed by atoms with E-state index >= 15 is 0 Å². The van der Waals surface area contributed by atoms with Crippen LogP contribution < -0.4 is 10.1 Å². The molecule has 0 aliphatic carbocycles. The molecular weight excluding hydrogens is 401 g/mol. The molecule has 0 unspecified atom stereocenters. The number of benzene rings is 2. The summed E-state index contributed by atoms with van der Waals surface area (Å²) in [5.41, 5.74) is 2.92. The van der Waals surface area contributed by atoms with Crippen LogP contribution in [0.2, 0.25) is 0 Å². The number of fused-ring (bicyclic) bond motifs is 1. The van der Waals surface area contributed by atoms with E-state index < -0.39 is 5.97 Å². The molecule has 8 heteroatoms. The molecule has 2 aromatic heterocycles. The maximum atomic E-state index is 13.3. The lowest BCUT2D eigenvalue weighted by molar-refractivity contribution is -0.116. The molecule has 0 saturated carbocycles. The van der Waals surface area contributed by atoms with Gasteiger partial charge in [0.05, 0.1) is 25.3 Å². The van der Waals surface area contributed by atoms with Crippen molar-refractivity contribution in [2.75, 3.05) is 19.5 Å². The normalized spacial score (nSPS) is 10.8. The maximum Gasteiger partial charge on any atom is 0.354 e. The lowest BCUT2D eigenvalue weighted by atomic mass is 10.3. The Morgan fingerprint density at radius 3 is 2.48 bits per heavy atom. The molecule has 0 spiro atoms. The first-order chi connectivity index (χ1) is 15.0. The summed E-state index contributed by atoms with van der Waals surface area (Å²) in [6.07, 6.45) is 1.80. The van der Waals surface area contributed by atoms with Crippen LogP contribution in [0, 0.1) is 5.82 Å². The van der Waals surface area contributed by atoms with Crippen LogP contribution in [0.25, 0.3) is 16.7 Å². The second-order valence-electron chi connectivity index (χ2n) is 6.82. The number of amides is 1. The summed E-state index contributed by atoms with van der Waals surface area (Å²) in [6, 6.07) is 16.4. The molecule has 0 radical (unpaired) electrons. The number of nitrogens with one attached hydrogen (secondary N) is 1. The Balaban J connectivity index is 1.69. The smallest absolute Gasteiger partial charge is 0.354 e. The van der Waals surface area contributed by atoms with Gasteiger partial charge >= 0.3 is 5.97 Å². The Morgan fingerprint density at radius 2 is 1.77 bits per heavy atom. The molecule has 0 aliphatic rings. The number of carbonyl (C=O) groups excluding carboxylic acids is 2. The first kappa shape index (κ1) is 20.2. The molecule has 4 rings (SSSR count). The van der Waals surface area contributed by atoms with Crippen molar-refractivity contribution in [2.45, 2.75) is 6.54 Å². The molecule has 2 aromatic carbocycles. The van der Waals surface area contributed by atoms with Gasteiger partial charge in [-0.2, -0.15) is 0 Å². The average Bonchev–Trinajstić information content (AvgIpc) is 3.34. The lowest BCUT2D eigenvalue weighted by Crippen LogP contribution is -2.21. The molecule has 1 amide bonds. The molecule has 31 heavy (non-hydrogen) atoms. The zero-order chi connectivity index (χ0) is 22.0. The van der Waals surface area contributed by atoms with Crippen molar-refractivity contribution in [3.05, 3.63) is 78.4 Å². The number of rotatable bonds is 6. The van der Waals surface area contributed by atoms with E-state index in [4.69, 9.17) is 9.47 Å². The van der Waals surface area contributed by atoms with E-state index in [1.54, 1.807) is 66.4 Å². The second-order valence-corrected chi connectivity index (χ2v) is 6.82. The first-order valence-corrected chi connectivity index (χ1v) is 9.49. The van der Waals surface area contributed by atoms with Gasteiger partial charge in [-0.3, -0.25) is 4.79 Å². The summed E-state index contributed by atoms with van der Waals surface area (Å²) >= 11 is 0. The Kier molecular flexibility index (Phi) is 5.44. The molecule has 1 N–H and O–H groups in total. The van der Waals surface area contributed by atoms with Gasteiger partial charge in [-0.1, -0.05) is 6.07 Å². The number of anilines is 1. The van der Waals surface area contributed by atoms with Gasteiger partial charge in [0.15, 0.2) is 0 Å². The Hall–Kier alpha value is -4.07. The minimum Gasteiger partial charge on any atom is -0.497 e. The summed E-state index contributed by atoms with van der Waals surface area (Å²) in [6.45, 7) is -0.0986. The summed E-state index contributed by atoms with van der Waals surface area (Å²) in [5, 5.41) is 2.81. The van der Waals surface area contributed by atoms with E-state index in [1.165, 1.54) is 19.2 Å². The topological polar surface area (TPSA) is 74.5 Å². The van der Waals surface area contributed by atoms with Crippen molar-refractivity contribution in [3.8, 4) is 11.4 Å². The number of esters is 1. The van der Waals surface area contributed by atoms with Crippen LogP contribution in [0.3, 0.4) is 0 Å². The fourth-order valence-electron chi connectivity index (χ4n) is 3.46. The van der Waals surface area contributed by atoms with E-state index in [0.29, 0.717) is 22.5 Å². The third-order valence-corrected chi connectivity index (χ3v) is 4.91.